The molecule has 1 N–H and O–H groups in total. The molecule has 0 spiro atoms. The van der Waals surface area contributed by atoms with Crippen molar-refractivity contribution in [3.63, 3.8) is 0 Å². The smallest absolute Gasteiger partial charge is 0.225 e. The van der Waals surface area contributed by atoms with Gasteiger partial charge in [-0.1, -0.05) is 11.8 Å². The zero-order valence-corrected chi connectivity index (χ0v) is 13.0. The first-order valence-electron chi connectivity index (χ1n) is 5.66. The second kappa shape index (κ2) is 6.72. The Kier molecular flexibility index (Phi) is 4.98. The Morgan fingerprint density at radius 2 is 2.16 bits per heavy atom. The first-order chi connectivity index (χ1) is 9.21. The van der Waals surface area contributed by atoms with Crippen LogP contribution >= 0.6 is 27.7 Å². The molecule has 0 aliphatic heterocycles. The summed E-state index contributed by atoms with van der Waals surface area (Å²) in [6, 6.07) is 3.60. The summed E-state index contributed by atoms with van der Waals surface area (Å²) < 4.78 is 6.55. The maximum atomic E-state index is 5.69. The van der Waals surface area contributed by atoms with Crippen molar-refractivity contribution >= 4 is 33.5 Å². The van der Waals surface area contributed by atoms with Gasteiger partial charge in [0.2, 0.25) is 5.88 Å². The summed E-state index contributed by atoms with van der Waals surface area (Å²) in [6.45, 7) is 2.81. The van der Waals surface area contributed by atoms with Crippen molar-refractivity contribution in [2.45, 2.75) is 12.1 Å². The van der Waals surface area contributed by atoms with E-state index in [2.05, 4.69) is 36.2 Å². The first kappa shape index (κ1) is 14.1. The molecule has 2 heterocycles. The topological polar surface area (TPSA) is 59.9 Å². The fourth-order valence-corrected chi connectivity index (χ4v) is 2.10. The van der Waals surface area contributed by atoms with E-state index >= 15 is 0 Å². The Hall–Kier alpha value is -1.34. The summed E-state index contributed by atoms with van der Waals surface area (Å²) in [6.07, 6.45) is 5.26. The predicted octanol–water partition coefficient (Wildman–Crippen LogP) is 3.58. The minimum atomic E-state index is 0.496. The number of nitrogens with zero attached hydrogens (tertiary/aromatic N) is 3. The zero-order valence-electron chi connectivity index (χ0n) is 10.6. The minimum Gasteiger partial charge on any atom is -0.437 e. The number of ether oxygens (including phenoxy) is 1. The number of thioether (sulfide) groups is 1. The van der Waals surface area contributed by atoms with Crippen LogP contribution in [-0.2, 0) is 0 Å². The number of rotatable bonds is 5. The molecule has 0 aliphatic rings. The number of hydrogen-bond acceptors (Lipinski definition) is 6. The van der Waals surface area contributed by atoms with Crippen molar-refractivity contribution in [1.82, 2.24) is 15.0 Å². The molecule has 0 bridgehead atoms. The van der Waals surface area contributed by atoms with Crippen molar-refractivity contribution in [2.24, 2.45) is 0 Å². The van der Waals surface area contributed by atoms with Crippen molar-refractivity contribution in [3.8, 4) is 11.6 Å². The molecule has 0 aliphatic carbocycles. The van der Waals surface area contributed by atoms with Crippen molar-refractivity contribution in [1.29, 1.82) is 0 Å². The summed E-state index contributed by atoms with van der Waals surface area (Å²) in [4.78, 5) is 12.7. The lowest BCUT2D eigenvalue weighted by Gasteiger charge is -2.08. The molecule has 0 saturated heterocycles. The highest BCUT2D eigenvalue weighted by Gasteiger charge is 2.06. The predicted molar refractivity (Wildman–Crippen MR) is 80.0 cm³/mol. The van der Waals surface area contributed by atoms with Crippen LogP contribution in [0, 0.1) is 0 Å². The van der Waals surface area contributed by atoms with Crippen LogP contribution in [0.4, 0.5) is 5.82 Å². The van der Waals surface area contributed by atoms with Crippen molar-refractivity contribution < 1.29 is 4.74 Å². The average Bonchev–Trinajstić information content (AvgIpc) is 2.39. The summed E-state index contributed by atoms with van der Waals surface area (Å²) in [5, 5.41) is 3.81. The summed E-state index contributed by atoms with van der Waals surface area (Å²) in [5.41, 5.74) is 0. The lowest BCUT2D eigenvalue weighted by molar-refractivity contribution is 0.453. The molecule has 7 heteroatoms. The standard InChI is InChI=1S/C12H13BrN4OS/c1-3-15-10-5-11(17-12(16-10)19-2)18-9-4-8(13)6-14-7-9/h4-7H,3H2,1-2H3,(H,15,16,17). The molecule has 0 aromatic carbocycles. The summed E-state index contributed by atoms with van der Waals surface area (Å²) in [7, 11) is 0. The number of pyridine rings is 1. The summed E-state index contributed by atoms with van der Waals surface area (Å²) >= 11 is 4.82. The fourth-order valence-electron chi connectivity index (χ4n) is 1.39. The van der Waals surface area contributed by atoms with E-state index in [0.717, 1.165) is 16.8 Å². The highest BCUT2D eigenvalue weighted by molar-refractivity contribution is 9.10. The molecule has 0 saturated carbocycles. The van der Waals surface area contributed by atoms with Gasteiger partial charge >= 0.3 is 0 Å². The monoisotopic (exact) mass is 340 g/mol. The van der Waals surface area contributed by atoms with Crippen LogP contribution in [0.3, 0.4) is 0 Å². The third kappa shape index (κ3) is 4.07. The maximum absolute atomic E-state index is 5.69. The number of nitrogens with one attached hydrogen (secondary N) is 1. The molecule has 0 fully saturated rings. The number of halogens is 1. The summed E-state index contributed by atoms with van der Waals surface area (Å²) in [5.74, 6) is 1.87. The van der Waals surface area contributed by atoms with E-state index in [1.807, 2.05) is 19.2 Å². The molecule has 100 valence electrons. The second-order valence-electron chi connectivity index (χ2n) is 3.55. The van der Waals surface area contributed by atoms with Gasteiger partial charge < -0.3 is 10.1 Å². The SMILES string of the molecule is CCNc1cc(Oc2cncc(Br)c2)nc(SC)n1. The second-order valence-corrected chi connectivity index (χ2v) is 5.24. The van der Waals surface area contributed by atoms with Gasteiger partial charge in [0.15, 0.2) is 5.16 Å². The van der Waals surface area contributed by atoms with Crippen LogP contribution in [0.1, 0.15) is 6.92 Å². The molecular weight excluding hydrogens is 328 g/mol. The van der Waals surface area contributed by atoms with E-state index in [1.165, 1.54) is 11.8 Å². The highest BCUT2D eigenvalue weighted by Crippen LogP contribution is 2.25. The Morgan fingerprint density at radius 3 is 2.84 bits per heavy atom. The van der Waals surface area contributed by atoms with Gasteiger partial charge in [0.1, 0.15) is 11.6 Å². The molecule has 2 aromatic heterocycles. The zero-order chi connectivity index (χ0) is 13.7. The lowest BCUT2D eigenvalue weighted by atomic mass is 10.4. The normalized spacial score (nSPS) is 10.3. The van der Waals surface area contributed by atoms with Gasteiger partial charge in [-0.25, -0.2) is 4.98 Å². The molecule has 5 nitrogen and oxygen atoms in total. The Labute approximate surface area is 124 Å². The third-order valence-corrected chi connectivity index (χ3v) is 3.11. The molecule has 0 radical (unpaired) electrons. The lowest BCUT2D eigenvalue weighted by Crippen LogP contribution is -2.02. The van der Waals surface area contributed by atoms with Crippen LogP contribution in [-0.4, -0.2) is 27.8 Å². The van der Waals surface area contributed by atoms with Gasteiger partial charge in [-0.15, -0.1) is 0 Å². The van der Waals surface area contributed by atoms with Gasteiger partial charge in [0.25, 0.3) is 0 Å². The van der Waals surface area contributed by atoms with Crippen LogP contribution in [0.5, 0.6) is 11.6 Å². The Balaban J connectivity index is 2.26. The van der Waals surface area contributed by atoms with E-state index in [0.29, 0.717) is 16.8 Å². The molecule has 0 unspecified atom stereocenters. The quantitative estimate of drug-likeness (QED) is 0.663. The van der Waals surface area contributed by atoms with E-state index in [1.54, 1.807) is 18.5 Å². The van der Waals surface area contributed by atoms with Crippen molar-refractivity contribution in [2.75, 3.05) is 18.1 Å². The Bertz CT molecular complexity index is 567. The minimum absolute atomic E-state index is 0.496. The maximum Gasteiger partial charge on any atom is 0.225 e. The number of anilines is 1. The number of hydrogen-bond donors (Lipinski definition) is 1. The van der Waals surface area contributed by atoms with Gasteiger partial charge in [-0.05, 0) is 35.2 Å². The van der Waals surface area contributed by atoms with Gasteiger partial charge in [0.05, 0.1) is 6.20 Å². The van der Waals surface area contributed by atoms with Gasteiger partial charge in [0, 0.05) is 23.3 Å². The van der Waals surface area contributed by atoms with E-state index in [-0.39, 0.29) is 0 Å². The first-order valence-corrected chi connectivity index (χ1v) is 7.68. The fraction of sp³-hybridized carbons (Fsp3) is 0.250. The highest BCUT2D eigenvalue weighted by atomic mass is 79.9. The van der Waals surface area contributed by atoms with E-state index in [4.69, 9.17) is 4.74 Å². The number of aromatic nitrogens is 3. The average molecular weight is 341 g/mol. The van der Waals surface area contributed by atoms with Crippen LogP contribution in [0.15, 0.2) is 34.2 Å². The molecule has 0 amide bonds. The molecule has 19 heavy (non-hydrogen) atoms. The molecular formula is C12H13BrN4OS. The van der Waals surface area contributed by atoms with E-state index in [9.17, 15) is 0 Å². The van der Waals surface area contributed by atoms with Gasteiger partial charge in [-0.3, -0.25) is 4.98 Å². The van der Waals surface area contributed by atoms with Crippen molar-refractivity contribution in [3.05, 3.63) is 29.0 Å². The van der Waals surface area contributed by atoms with Crippen LogP contribution in [0.2, 0.25) is 0 Å². The molecule has 2 rings (SSSR count). The van der Waals surface area contributed by atoms with Gasteiger partial charge in [-0.2, -0.15) is 4.98 Å². The molecule has 2 aromatic rings. The Morgan fingerprint density at radius 1 is 1.32 bits per heavy atom. The van der Waals surface area contributed by atoms with Crippen LogP contribution in [0.25, 0.3) is 0 Å². The third-order valence-electron chi connectivity index (χ3n) is 2.12. The van der Waals surface area contributed by atoms with Crippen LogP contribution < -0.4 is 10.1 Å². The largest absolute Gasteiger partial charge is 0.437 e. The van der Waals surface area contributed by atoms with E-state index < -0.39 is 0 Å². The molecule has 0 atom stereocenters.